The minimum atomic E-state index is 0.0463. The highest BCUT2D eigenvalue weighted by molar-refractivity contribution is 5.84. The second kappa shape index (κ2) is 2.57. The van der Waals surface area contributed by atoms with Gasteiger partial charge in [0, 0.05) is 18.8 Å². The molecule has 0 aromatic rings. The van der Waals surface area contributed by atoms with Gasteiger partial charge in [0.05, 0.1) is 6.07 Å². The average Bonchev–Trinajstić information content (AvgIpc) is 2.08. The molecule has 3 saturated carbocycles. The van der Waals surface area contributed by atoms with Crippen LogP contribution in [0, 0.1) is 34.5 Å². The first-order chi connectivity index (χ1) is 6.07. The van der Waals surface area contributed by atoms with Crippen molar-refractivity contribution in [2.24, 2.45) is 23.2 Å². The monoisotopic (exact) mass is 177 g/mol. The van der Waals surface area contributed by atoms with E-state index in [0.29, 0.717) is 29.5 Å². The molecule has 0 aliphatic heterocycles. The van der Waals surface area contributed by atoms with Gasteiger partial charge in [-0.1, -0.05) is 13.8 Å². The summed E-state index contributed by atoms with van der Waals surface area (Å²) in [6, 6.07) is 2.14. The van der Waals surface area contributed by atoms with E-state index in [1.54, 1.807) is 0 Å². The Labute approximate surface area is 78.9 Å². The second-order valence-electron chi connectivity index (χ2n) is 5.00. The summed E-state index contributed by atoms with van der Waals surface area (Å²) in [7, 11) is 0. The summed E-state index contributed by atoms with van der Waals surface area (Å²) in [4.78, 5) is 11.6. The maximum atomic E-state index is 11.6. The Morgan fingerprint density at radius 3 is 2.85 bits per heavy atom. The van der Waals surface area contributed by atoms with Gasteiger partial charge in [0.15, 0.2) is 0 Å². The normalized spacial score (nSPS) is 40.7. The minimum absolute atomic E-state index is 0.0463. The first kappa shape index (κ1) is 8.74. The Hall–Kier alpha value is -0.840. The van der Waals surface area contributed by atoms with Crippen molar-refractivity contribution in [3.8, 4) is 6.07 Å². The summed E-state index contributed by atoms with van der Waals surface area (Å²) >= 11 is 0. The summed E-state index contributed by atoms with van der Waals surface area (Å²) < 4.78 is 0. The van der Waals surface area contributed by atoms with Gasteiger partial charge < -0.3 is 0 Å². The van der Waals surface area contributed by atoms with Crippen LogP contribution in [0.1, 0.15) is 33.1 Å². The number of fused-ring (bicyclic) bond motifs is 2. The van der Waals surface area contributed by atoms with Crippen molar-refractivity contribution < 1.29 is 4.79 Å². The quantitative estimate of drug-likeness (QED) is 0.615. The molecule has 0 saturated heterocycles. The van der Waals surface area contributed by atoms with Crippen LogP contribution < -0.4 is 0 Å². The summed E-state index contributed by atoms with van der Waals surface area (Å²) in [6.45, 7) is 4.48. The fraction of sp³-hybridized carbons (Fsp3) is 0.818. The van der Waals surface area contributed by atoms with E-state index < -0.39 is 0 Å². The molecule has 0 N–H and O–H groups in total. The predicted molar refractivity (Wildman–Crippen MR) is 48.7 cm³/mol. The van der Waals surface area contributed by atoms with E-state index in [2.05, 4.69) is 19.9 Å². The first-order valence-corrected chi connectivity index (χ1v) is 4.97. The van der Waals surface area contributed by atoms with E-state index in [9.17, 15) is 4.79 Å². The van der Waals surface area contributed by atoms with E-state index in [1.165, 1.54) is 6.42 Å². The van der Waals surface area contributed by atoms with Crippen LogP contribution in [-0.2, 0) is 4.79 Å². The molecule has 3 unspecified atom stereocenters. The van der Waals surface area contributed by atoms with Crippen molar-refractivity contribution >= 4 is 5.78 Å². The zero-order chi connectivity index (χ0) is 9.64. The maximum absolute atomic E-state index is 11.6. The van der Waals surface area contributed by atoms with Crippen LogP contribution in [0.4, 0.5) is 0 Å². The number of rotatable bonds is 1. The number of carbonyl (C=O) groups is 1. The van der Waals surface area contributed by atoms with Crippen molar-refractivity contribution in [3.63, 3.8) is 0 Å². The second-order valence-corrected chi connectivity index (χ2v) is 5.00. The van der Waals surface area contributed by atoms with Gasteiger partial charge >= 0.3 is 0 Å². The number of nitrogens with zero attached hydrogens (tertiary/aromatic N) is 1. The Bertz CT molecular complexity index is 287. The molecule has 13 heavy (non-hydrogen) atoms. The van der Waals surface area contributed by atoms with Crippen molar-refractivity contribution in [2.45, 2.75) is 33.1 Å². The van der Waals surface area contributed by atoms with Crippen LogP contribution >= 0.6 is 0 Å². The SMILES string of the molecule is CC1(C)C2CC(=O)C(CC#N)C1C2. The lowest BCUT2D eigenvalue weighted by Crippen LogP contribution is -2.55. The maximum Gasteiger partial charge on any atom is 0.137 e. The Morgan fingerprint density at radius 1 is 1.62 bits per heavy atom. The predicted octanol–water partition coefficient (Wildman–Crippen LogP) is 2.15. The molecule has 3 rings (SSSR count). The van der Waals surface area contributed by atoms with Gasteiger partial charge in [-0.2, -0.15) is 5.26 Å². The molecule has 2 nitrogen and oxygen atoms in total. The first-order valence-electron chi connectivity index (χ1n) is 4.97. The van der Waals surface area contributed by atoms with Crippen LogP contribution in [0.25, 0.3) is 0 Å². The Balaban J connectivity index is 2.18. The molecular formula is C11H15NO. The topological polar surface area (TPSA) is 40.9 Å². The molecule has 3 atom stereocenters. The zero-order valence-corrected chi connectivity index (χ0v) is 8.21. The number of nitriles is 1. The van der Waals surface area contributed by atoms with Crippen LogP contribution in [-0.4, -0.2) is 5.78 Å². The fourth-order valence-electron chi connectivity index (χ4n) is 3.06. The minimum Gasteiger partial charge on any atom is -0.299 e. The average molecular weight is 177 g/mol. The molecule has 70 valence electrons. The third-order valence-corrected chi connectivity index (χ3v) is 4.20. The molecule has 0 heterocycles. The summed E-state index contributed by atoms with van der Waals surface area (Å²) in [6.07, 6.45) is 2.32. The lowest BCUT2D eigenvalue weighted by Gasteiger charge is -2.58. The van der Waals surface area contributed by atoms with Gasteiger partial charge in [0.25, 0.3) is 0 Å². The third-order valence-electron chi connectivity index (χ3n) is 4.20. The number of Topliss-reactive ketones (excluding diaryl/α,β-unsaturated/α-hetero) is 1. The molecule has 3 aliphatic carbocycles. The molecule has 3 aliphatic rings. The molecule has 0 amide bonds. The molecule has 0 aromatic heterocycles. The molecule has 0 aromatic carbocycles. The van der Waals surface area contributed by atoms with E-state index in [-0.39, 0.29) is 5.92 Å². The summed E-state index contributed by atoms with van der Waals surface area (Å²) in [5.74, 6) is 1.46. The molecular weight excluding hydrogens is 162 g/mol. The highest BCUT2D eigenvalue weighted by Gasteiger charge is 2.57. The highest BCUT2D eigenvalue weighted by Crippen LogP contribution is 2.60. The van der Waals surface area contributed by atoms with Crippen LogP contribution in [0.15, 0.2) is 0 Å². The molecule has 3 fully saturated rings. The fourth-order valence-corrected chi connectivity index (χ4v) is 3.06. The van der Waals surface area contributed by atoms with E-state index in [1.807, 2.05) is 0 Å². The van der Waals surface area contributed by atoms with Gasteiger partial charge in [-0.3, -0.25) is 4.79 Å². The Kier molecular flexibility index (Phi) is 1.73. The smallest absolute Gasteiger partial charge is 0.137 e. The molecule has 2 heteroatoms. The van der Waals surface area contributed by atoms with Crippen LogP contribution in [0.2, 0.25) is 0 Å². The van der Waals surface area contributed by atoms with Crippen LogP contribution in [0.3, 0.4) is 0 Å². The third kappa shape index (κ3) is 1.03. The highest BCUT2D eigenvalue weighted by atomic mass is 16.1. The number of hydrogen-bond acceptors (Lipinski definition) is 2. The van der Waals surface area contributed by atoms with Crippen molar-refractivity contribution in [2.75, 3.05) is 0 Å². The van der Waals surface area contributed by atoms with Gasteiger partial charge in [0.1, 0.15) is 5.78 Å². The van der Waals surface area contributed by atoms with E-state index in [0.717, 1.165) is 6.42 Å². The van der Waals surface area contributed by atoms with E-state index in [4.69, 9.17) is 5.26 Å². The van der Waals surface area contributed by atoms with Gasteiger partial charge in [-0.25, -0.2) is 0 Å². The van der Waals surface area contributed by atoms with Crippen molar-refractivity contribution in [3.05, 3.63) is 0 Å². The van der Waals surface area contributed by atoms with Gasteiger partial charge in [-0.15, -0.1) is 0 Å². The number of hydrogen-bond donors (Lipinski definition) is 0. The van der Waals surface area contributed by atoms with Gasteiger partial charge in [-0.05, 0) is 23.7 Å². The lowest BCUT2D eigenvalue weighted by molar-refractivity contribution is -0.154. The summed E-state index contributed by atoms with van der Waals surface area (Å²) in [5, 5.41) is 8.64. The lowest BCUT2D eigenvalue weighted by atomic mass is 9.45. The largest absolute Gasteiger partial charge is 0.299 e. The van der Waals surface area contributed by atoms with Crippen molar-refractivity contribution in [1.29, 1.82) is 5.26 Å². The van der Waals surface area contributed by atoms with Crippen LogP contribution in [0.5, 0.6) is 0 Å². The molecule has 0 radical (unpaired) electrons. The number of ketones is 1. The Morgan fingerprint density at radius 2 is 2.31 bits per heavy atom. The zero-order valence-electron chi connectivity index (χ0n) is 8.21. The molecule has 0 spiro atoms. The molecule has 2 bridgehead atoms. The van der Waals surface area contributed by atoms with E-state index >= 15 is 0 Å². The standard InChI is InChI=1S/C11H15NO/c1-11(2)7-5-9(11)8(3-4-12)10(13)6-7/h7-9H,3,5-6H2,1-2H3. The summed E-state index contributed by atoms with van der Waals surface area (Å²) in [5.41, 5.74) is 0.315. The van der Waals surface area contributed by atoms with Crippen molar-refractivity contribution in [1.82, 2.24) is 0 Å². The number of carbonyl (C=O) groups excluding carboxylic acids is 1. The van der Waals surface area contributed by atoms with Gasteiger partial charge in [0.2, 0.25) is 0 Å².